The molecule has 6 N–H and O–H groups in total. The summed E-state index contributed by atoms with van der Waals surface area (Å²) in [7, 11) is 5.87. The number of ether oxygens (including phenoxy) is 5. The number of allylic oxidation sites excluding steroid dienone is 3. The van der Waals surface area contributed by atoms with Gasteiger partial charge in [-0.1, -0.05) is 42.3 Å². The number of alkyl carbamates (subject to hydrolysis) is 1. The quantitative estimate of drug-likeness (QED) is 0.0594. The van der Waals surface area contributed by atoms with Crippen molar-refractivity contribution < 1.29 is 72.3 Å². The Morgan fingerprint density at radius 3 is 2.46 bits per heavy atom. The maximum absolute atomic E-state index is 14.4. The first-order valence-corrected chi connectivity index (χ1v) is 27.4. The summed E-state index contributed by atoms with van der Waals surface area (Å²) in [5.41, 5.74) is 4.34. The Labute approximate surface area is 453 Å². The molecule has 4 fully saturated rings. The predicted octanol–water partition coefficient (Wildman–Crippen LogP) is 4.27. The van der Waals surface area contributed by atoms with Crippen LogP contribution in [0.1, 0.15) is 104 Å². The molecular formula is C53H75ClN6O15S. The number of carbonyl (C=O) groups excluding carboxylic acids is 7. The topological polar surface area (TPSA) is 286 Å². The SMILES string of the molecule is COc1cc2cc(c1Cl)N(C)C(=O)C[C@H](OC(=O)[C@H](C)N(C)C(=O)CCSC1CC(=O)N(CC3CCC(C(=O)NCCCC[C@H](N)C(=O)O)CC3)C1=O)[C@]1(C)O[C@@H]1[C@H](C)[C@@H]1C[C@@](O)(NC(=O)O1)[C@H](OC)/C=C\C=C(\C)C2. The second-order valence-corrected chi connectivity index (χ2v) is 22.7. The van der Waals surface area contributed by atoms with E-state index in [1.165, 1.54) is 54.7 Å². The minimum absolute atomic E-state index is 0.00468. The fourth-order valence-corrected chi connectivity index (χ4v) is 11.9. The van der Waals surface area contributed by atoms with Crippen molar-refractivity contribution in [3.05, 3.63) is 46.5 Å². The number of methoxy groups -OCH3 is 2. The van der Waals surface area contributed by atoms with Crippen molar-refractivity contribution >= 4 is 76.6 Å². The molecule has 5 aliphatic rings. The second kappa shape index (κ2) is 25.9. The molecule has 4 bridgehead atoms. The molecule has 1 aliphatic carbocycles. The van der Waals surface area contributed by atoms with Gasteiger partial charge in [0.25, 0.3) is 0 Å². The Morgan fingerprint density at radius 2 is 1.79 bits per heavy atom. The summed E-state index contributed by atoms with van der Waals surface area (Å²) in [6.45, 7) is 7.53. The lowest BCUT2D eigenvalue weighted by atomic mass is 9.81. The molecule has 1 saturated carbocycles. The van der Waals surface area contributed by atoms with E-state index in [-0.39, 0.29) is 66.1 Å². The van der Waals surface area contributed by atoms with Gasteiger partial charge >= 0.3 is 18.0 Å². The molecule has 10 atom stereocenters. The number of fused-ring (bicyclic) bond motifs is 5. The Balaban J connectivity index is 1.07. The van der Waals surface area contributed by atoms with Gasteiger partial charge in [0.05, 0.1) is 30.6 Å². The van der Waals surface area contributed by atoms with Gasteiger partial charge in [0.1, 0.15) is 46.8 Å². The van der Waals surface area contributed by atoms with Crippen LogP contribution in [-0.4, -0.2) is 168 Å². The standard InChI is InChI=1S/C53H75ClN6O15S/c1-29-12-11-14-40(72-8)53(70)27-38(73-51(69)57-53)30(2)46-52(4,75-46)41(26-43(62)59(6)36-23-33(22-29)24-37(71-7)45(36)54)74-50(68)31(3)58(5)42(61)19-21-76-39-25-44(63)60(48(39)65)28-32-15-17-34(18-16-32)47(64)56-20-10-9-13-35(55)49(66)67/h11-12,14,23-24,30-32,34-35,38-41,46,70H,9-10,13,15-22,25-28,55H2,1-8H3,(H,56,64)(H,57,69)(H,66,67)/b14-11-,29-12-/t30-,31+,32?,34?,35+,38+,39?,40-,41+,46-,52+,53+/m1/s1. The van der Waals surface area contributed by atoms with Crippen LogP contribution < -0.4 is 26.0 Å². The average molecular weight is 1100 g/mol. The fourth-order valence-electron chi connectivity index (χ4n) is 10.5. The van der Waals surface area contributed by atoms with Crippen LogP contribution in [0.5, 0.6) is 5.75 Å². The van der Waals surface area contributed by atoms with Gasteiger partial charge in [-0.15, -0.1) is 11.8 Å². The molecule has 23 heteroatoms. The van der Waals surface area contributed by atoms with Crippen LogP contribution in [-0.2, 0) is 58.9 Å². The summed E-state index contributed by atoms with van der Waals surface area (Å²) in [6.07, 6.45) is 4.40. The molecule has 0 spiro atoms. The van der Waals surface area contributed by atoms with Gasteiger partial charge in [0.15, 0.2) is 5.72 Å². The Bertz CT molecular complexity index is 2420. The number of hydrogen-bond donors (Lipinski definition) is 5. The first kappa shape index (κ1) is 60.0. The number of aliphatic carboxylic acids is 1. The molecule has 76 heavy (non-hydrogen) atoms. The third-order valence-electron chi connectivity index (χ3n) is 15.6. The Morgan fingerprint density at radius 1 is 1.08 bits per heavy atom. The number of esters is 1. The molecule has 1 aromatic carbocycles. The van der Waals surface area contributed by atoms with Gasteiger partial charge in [-0.05, 0) is 95.8 Å². The minimum atomic E-state index is -1.89. The number of carboxylic acids is 1. The highest BCUT2D eigenvalue weighted by Gasteiger charge is 2.64. The molecule has 6 rings (SSSR count). The van der Waals surface area contributed by atoms with Gasteiger partial charge < -0.3 is 54.7 Å². The van der Waals surface area contributed by atoms with Crippen LogP contribution in [0.4, 0.5) is 10.5 Å². The van der Waals surface area contributed by atoms with Gasteiger partial charge in [-0.3, -0.25) is 39.0 Å². The van der Waals surface area contributed by atoms with Crippen LogP contribution in [0.3, 0.4) is 0 Å². The van der Waals surface area contributed by atoms with Crippen molar-refractivity contribution in [1.82, 2.24) is 20.4 Å². The summed E-state index contributed by atoms with van der Waals surface area (Å²) in [5.74, 6) is -3.68. The molecule has 0 aromatic heterocycles. The molecule has 21 nitrogen and oxygen atoms in total. The van der Waals surface area contributed by atoms with Gasteiger partial charge in [-0.25, -0.2) is 9.59 Å². The zero-order valence-electron chi connectivity index (χ0n) is 44.7. The maximum atomic E-state index is 14.4. The van der Waals surface area contributed by atoms with E-state index in [2.05, 4.69) is 10.6 Å². The predicted molar refractivity (Wildman–Crippen MR) is 281 cm³/mol. The van der Waals surface area contributed by atoms with E-state index in [0.29, 0.717) is 69.3 Å². The third-order valence-corrected chi connectivity index (χ3v) is 17.2. The molecule has 4 heterocycles. The summed E-state index contributed by atoms with van der Waals surface area (Å²) < 4.78 is 29.5. The molecule has 1 unspecified atom stereocenters. The van der Waals surface area contributed by atoms with Crippen LogP contribution in [0.15, 0.2) is 35.9 Å². The van der Waals surface area contributed by atoms with E-state index >= 15 is 0 Å². The lowest BCUT2D eigenvalue weighted by Crippen LogP contribution is -2.63. The minimum Gasteiger partial charge on any atom is -0.495 e. The molecule has 6 amide bonds. The number of carboxylic acid groups (broad SMARTS) is 1. The molecule has 420 valence electrons. The van der Waals surface area contributed by atoms with E-state index in [1.807, 2.05) is 13.0 Å². The van der Waals surface area contributed by atoms with Crippen molar-refractivity contribution in [3.63, 3.8) is 0 Å². The van der Waals surface area contributed by atoms with Gasteiger partial charge in [0, 0.05) is 71.1 Å². The summed E-state index contributed by atoms with van der Waals surface area (Å²) in [5, 5.41) is 25.7. The Hall–Kier alpha value is -5.26. The van der Waals surface area contributed by atoms with Gasteiger partial charge in [0.2, 0.25) is 29.5 Å². The highest BCUT2D eigenvalue weighted by molar-refractivity contribution is 8.00. The number of thioether (sulfide) groups is 1. The Kier molecular flexibility index (Phi) is 20.5. The normalized spacial score (nSPS) is 30.9. The molecule has 1 aromatic rings. The van der Waals surface area contributed by atoms with E-state index in [1.54, 1.807) is 45.2 Å². The lowest BCUT2D eigenvalue weighted by Gasteiger charge is -2.42. The number of amides is 6. The zero-order valence-corrected chi connectivity index (χ0v) is 46.2. The molecule has 0 radical (unpaired) electrons. The molecule has 3 saturated heterocycles. The smallest absolute Gasteiger partial charge is 0.409 e. The number of nitrogens with two attached hydrogens (primary N) is 1. The summed E-state index contributed by atoms with van der Waals surface area (Å²) in [6, 6.07) is 1.47. The number of nitrogens with zero attached hydrogens (tertiary/aromatic N) is 3. The number of aliphatic hydroxyl groups is 1. The highest BCUT2D eigenvalue weighted by Crippen LogP contribution is 2.49. The number of anilines is 1. The number of likely N-dealkylation sites (N-methyl/N-ethyl adjacent to an activating group) is 1. The number of benzene rings is 1. The number of nitrogens with one attached hydrogen (secondary N) is 2. The molecular weight excluding hydrogens is 1030 g/mol. The molecule has 4 aliphatic heterocycles. The van der Waals surface area contributed by atoms with Gasteiger partial charge in [-0.2, -0.15) is 0 Å². The monoisotopic (exact) mass is 1100 g/mol. The number of halogens is 1. The number of unbranched alkanes of at least 4 members (excludes halogenated alkanes) is 1. The number of imide groups is 1. The number of rotatable bonds is 18. The van der Waals surface area contributed by atoms with E-state index in [9.17, 15) is 43.5 Å². The fraction of sp³-hybridized carbons (Fsp3) is 0.660. The number of hydrogen-bond acceptors (Lipinski definition) is 16. The largest absolute Gasteiger partial charge is 0.495 e. The van der Waals surface area contributed by atoms with Crippen LogP contribution in [0, 0.1) is 17.8 Å². The van der Waals surface area contributed by atoms with E-state index < -0.39 is 95.3 Å². The van der Waals surface area contributed by atoms with Crippen molar-refractivity contribution in [1.29, 1.82) is 0 Å². The number of likely N-dealkylation sites (tertiary alicyclic amines) is 1. The first-order valence-electron chi connectivity index (χ1n) is 26.0. The number of carbonyl (C=O) groups is 8. The van der Waals surface area contributed by atoms with Crippen molar-refractivity contribution in [3.8, 4) is 5.75 Å². The van der Waals surface area contributed by atoms with Crippen LogP contribution in [0.25, 0.3) is 0 Å². The number of epoxide rings is 1. The van der Waals surface area contributed by atoms with Crippen molar-refractivity contribution in [2.75, 3.05) is 52.1 Å². The van der Waals surface area contributed by atoms with Crippen LogP contribution in [0.2, 0.25) is 5.02 Å². The highest BCUT2D eigenvalue weighted by atomic mass is 35.5. The maximum Gasteiger partial charge on any atom is 0.409 e. The second-order valence-electron chi connectivity index (χ2n) is 21.0. The summed E-state index contributed by atoms with van der Waals surface area (Å²) in [4.78, 5) is 109. The summed E-state index contributed by atoms with van der Waals surface area (Å²) >= 11 is 8.02. The average Bonchev–Trinajstić information content (AvgIpc) is 4.01. The van der Waals surface area contributed by atoms with Crippen LogP contribution >= 0.6 is 23.4 Å². The first-order chi connectivity index (χ1) is 35.9. The third kappa shape index (κ3) is 14.5. The van der Waals surface area contributed by atoms with Crippen molar-refractivity contribution in [2.24, 2.45) is 23.5 Å². The van der Waals surface area contributed by atoms with E-state index in [4.69, 9.17) is 46.1 Å². The zero-order chi connectivity index (χ0) is 55.8. The van der Waals surface area contributed by atoms with E-state index in [0.717, 1.165) is 11.1 Å². The van der Waals surface area contributed by atoms with Crippen molar-refractivity contribution in [2.45, 2.75) is 158 Å². The lowest BCUT2D eigenvalue weighted by molar-refractivity contribution is -0.162.